The standard InChI is InChI=1S/C28H36ClFN4O5S/c1-27(2,3)24-19-14-31-11-12-33(19)26(35)20-23(38-24)21(29)22(17-9-7-8-10-18(17)30)32-25(20)34-15-16(13-28(34,4)5)39-40(6,36)37/h7-10,16,19,24,31H,11-15H2,1-6H3/t16?,19-,24?/m1/s1. The Hall–Kier alpha value is -2.47. The molecule has 5 rings (SSSR count). The number of anilines is 1. The number of ether oxygens (including phenoxy) is 1. The predicted octanol–water partition coefficient (Wildman–Crippen LogP) is 4.10. The quantitative estimate of drug-likeness (QED) is 0.528. The van der Waals surface area contributed by atoms with Crippen LogP contribution in [0, 0.1) is 11.2 Å². The van der Waals surface area contributed by atoms with Crippen molar-refractivity contribution in [1.29, 1.82) is 0 Å². The van der Waals surface area contributed by atoms with Crippen molar-refractivity contribution in [3.63, 3.8) is 0 Å². The number of rotatable bonds is 4. The largest absolute Gasteiger partial charge is 0.485 e. The Morgan fingerprint density at radius 1 is 1.25 bits per heavy atom. The van der Waals surface area contributed by atoms with E-state index in [9.17, 15) is 13.2 Å². The van der Waals surface area contributed by atoms with Gasteiger partial charge in [0, 0.05) is 42.7 Å². The van der Waals surface area contributed by atoms with Gasteiger partial charge in [0.25, 0.3) is 16.0 Å². The van der Waals surface area contributed by atoms with Crippen LogP contribution in [0.4, 0.5) is 10.2 Å². The average Bonchev–Trinajstić information content (AvgIpc) is 3.05. The lowest BCUT2D eigenvalue weighted by Crippen LogP contribution is -2.61. The molecule has 40 heavy (non-hydrogen) atoms. The number of nitrogens with one attached hydrogen (secondary N) is 1. The molecule has 3 aliphatic rings. The Labute approximate surface area is 240 Å². The third kappa shape index (κ3) is 5.29. The summed E-state index contributed by atoms with van der Waals surface area (Å²) in [5.41, 5.74) is -0.526. The van der Waals surface area contributed by atoms with Gasteiger partial charge < -0.3 is 19.9 Å². The fraction of sp³-hybridized carbons (Fsp3) is 0.571. The van der Waals surface area contributed by atoms with Crippen LogP contribution in [0.5, 0.6) is 5.75 Å². The molecule has 4 heterocycles. The maximum atomic E-state index is 15.1. The molecule has 1 N–H and O–H groups in total. The number of hydrogen-bond acceptors (Lipinski definition) is 8. The molecule has 2 unspecified atom stereocenters. The van der Waals surface area contributed by atoms with Crippen molar-refractivity contribution < 1.29 is 26.5 Å². The molecule has 2 fully saturated rings. The lowest BCUT2D eigenvalue weighted by molar-refractivity contribution is 0.00236. The number of benzene rings is 1. The van der Waals surface area contributed by atoms with E-state index in [1.165, 1.54) is 6.07 Å². The molecule has 218 valence electrons. The topological polar surface area (TPSA) is 101 Å². The van der Waals surface area contributed by atoms with E-state index in [1.807, 2.05) is 44.4 Å². The highest BCUT2D eigenvalue weighted by atomic mass is 35.5. The van der Waals surface area contributed by atoms with Gasteiger partial charge in [-0.25, -0.2) is 9.37 Å². The van der Waals surface area contributed by atoms with E-state index in [1.54, 1.807) is 18.2 Å². The Morgan fingerprint density at radius 2 is 1.95 bits per heavy atom. The van der Waals surface area contributed by atoms with Crippen LogP contribution in [0.25, 0.3) is 11.3 Å². The smallest absolute Gasteiger partial charge is 0.264 e. The maximum absolute atomic E-state index is 15.1. The molecule has 1 aromatic heterocycles. The minimum Gasteiger partial charge on any atom is -0.485 e. The summed E-state index contributed by atoms with van der Waals surface area (Å²) >= 11 is 6.99. The summed E-state index contributed by atoms with van der Waals surface area (Å²) in [6.07, 6.45) is 0.287. The number of carbonyl (C=O) groups excluding carboxylic acids is 1. The summed E-state index contributed by atoms with van der Waals surface area (Å²) in [4.78, 5) is 22.9. The number of amides is 1. The fourth-order valence-electron chi connectivity index (χ4n) is 6.08. The zero-order valence-corrected chi connectivity index (χ0v) is 25.2. The number of halogens is 2. The number of aromatic nitrogens is 1. The van der Waals surface area contributed by atoms with Gasteiger partial charge in [-0.2, -0.15) is 8.42 Å². The number of piperazine rings is 1. The summed E-state index contributed by atoms with van der Waals surface area (Å²) in [7, 11) is -3.72. The van der Waals surface area contributed by atoms with Gasteiger partial charge in [-0.05, 0) is 32.4 Å². The van der Waals surface area contributed by atoms with Gasteiger partial charge in [-0.1, -0.05) is 44.5 Å². The van der Waals surface area contributed by atoms with Crippen LogP contribution in [0.15, 0.2) is 24.3 Å². The lowest BCUT2D eigenvalue weighted by Gasteiger charge is -2.43. The zero-order chi connectivity index (χ0) is 29.2. The van der Waals surface area contributed by atoms with Gasteiger partial charge in [0.05, 0.1) is 24.1 Å². The molecular weight excluding hydrogens is 559 g/mol. The highest BCUT2D eigenvalue weighted by Crippen LogP contribution is 2.48. The molecular formula is C28H36ClFN4O5S. The SMILES string of the molecule is CC(C)(C)C1Oc2c(Cl)c(-c3ccccc3F)nc(N3CC(OS(C)(=O)=O)CC3(C)C)c2C(=O)N2CCNC[C@H]12. The monoisotopic (exact) mass is 594 g/mol. The van der Waals surface area contributed by atoms with Gasteiger partial charge in [0.15, 0.2) is 5.75 Å². The first kappa shape index (κ1) is 29.0. The molecule has 2 saturated heterocycles. The third-order valence-corrected chi connectivity index (χ3v) is 8.79. The summed E-state index contributed by atoms with van der Waals surface area (Å²) in [5, 5.41) is 3.43. The van der Waals surface area contributed by atoms with Crippen LogP contribution in [-0.2, 0) is 14.3 Å². The van der Waals surface area contributed by atoms with Crippen LogP contribution in [-0.4, -0.2) is 80.4 Å². The molecule has 12 heteroatoms. The van der Waals surface area contributed by atoms with Crippen molar-refractivity contribution in [2.24, 2.45) is 5.41 Å². The summed E-state index contributed by atoms with van der Waals surface area (Å²) in [6, 6.07) is 5.89. The lowest BCUT2D eigenvalue weighted by atomic mass is 9.83. The van der Waals surface area contributed by atoms with E-state index in [2.05, 4.69) is 5.32 Å². The molecule has 1 aromatic carbocycles. The zero-order valence-electron chi connectivity index (χ0n) is 23.6. The normalized spacial score (nSPS) is 24.8. The number of nitrogens with zero attached hydrogens (tertiary/aromatic N) is 3. The molecule has 0 saturated carbocycles. The van der Waals surface area contributed by atoms with Crippen LogP contribution >= 0.6 is 11.6 Å². The second kappa shape index (κ2) is 10.1. The summed E-state index contributed by atoms with van der Waals surface area (Å²) < 4.78 is 51.2. The first-order valence-corrected chi connectivity index (χ1v) is 15.6. The number of carbonyl (C=O) groups is 1. The number of fused-ring (bicyclic) bond motifs is 2. The van der Waals surface area contributed by atoms with Crippen LogP contribution in [0.2, 0.25) is 5.02 Å². The highest BCUT2D eigenvalue weighted by molar-refractivity contribution is 7.86. The van der Waals surface area contributed by atoms with Crippen molar-refractivity contribution in [3.8, 4) is 17.0 Å². The fourth-order valence-corrected chi connectivity index (χ4v) is 6.99. The van der Waals surface area contributed by atoms with Crippen molar-refractivity contribution in [1.82, 2.24) is 15.2 Å². The van der Waals surface area contributed by atoms with Crippen molar-refractivity contribution >= 4 is 33.4 Å². The highest BCUT2D eigenvalue weighted by Gasteiger charge is 2.49. The van der Waals surface area contributed by atoms with E-state index in [4.69, 9.17) is 25.5 Å². The van der Waals surface area contributed by atoms with E-state index in [0.29, 0.717) is 26.1 Å². The summed E-state index contributed by atoms with van der Waals surface area (Å²) in [5.74, 6) is -0.372. The minimum absolute atomic E-state index is 0.0557. The molecule has 3 aliphatic heterocycles. The van der Waals surface area contributed by atoms with Gasteiger partial charge in [-0.3, -0.25) is 8.98 Å². The third-order valence-electron chi connectivity index (χ3n) is 7.82. The Bertz CT molecular complexity index is 1440. The van der Waals surface area contributed by atoms with E-state index < -0.39 is 33.7 Å². The van der Waals surface area contributed by atoms with Crippen LogP contribution < -0.4 is 15.0 Å². The Balaban J connectivity index is 1.77. The molecule has 0 spiro atoms. The molecule has 2 aromatic rings. The number of pyridine rings is 1. The molecule has 9 nitrogen and oxygen atoms in total. The van der Waals surface area contributed by atoms with Crippen LogP contribution in [0.3, 0.4) is 0 Å². The molecule has 0 radical (unpaired) electrons. The minimum atomic E-state index is -3.72. The molecule has 3 atom stereocenters. The first-order valence-electron chi connectivity index (χ1n) is 13.4. The summed E-state index contributed by atoms with van der Waals surface area (Å²) in [6.45, 7) is 11.8. The molecule has 0 aliphatic carbocycles. The predicted molar refractivity (Wildman–Crippen MR) is 152 cm³/mol. The van der Waals surface area contributed by atoms with Crippen molar-refractivity contribution in [2.45, 2.75) is 64.8 Å². The number of hydrogen-bond donors (Lipinski definition) is 1. The van der Waals surface area contributed by atoms with Gasteiger partial charge in [-0.15, -0.1) is 0 Å². The van der Waals surface area contributed by atoms with E-state index >= 15 is 4.39 Å². The average molecular weight is 595 g/mol. The second-order valence-corrected chi connectivity index (χ2v) is 14.5. The Morgan fingerprint density at radius 3 is 2.60 bits per heavy atom. The molecule has 1 amide bonds. The maximum Gasteiger partial charge on any atom is 0.264 e. The Kier molecular flexibility index (Phi) is 7.34. The van der Waals surface area contributed by atoms with E-state index in [0.717, 1.165) is 6.26 Å². The van der Waals surface area contributed by atoms with Gasteiger partial charge >= 0.3 is 0 Å². The van der Waals surface area contributed by atoms with Crippen molar-refractivity contribution in [2.75, 3.05) is 37.3 Å². The van der Waals surface area contributed by atoms with Gasteiger partial charge in [0.1, 0.15) is 28.3 Å². The van der Waals surface area contributed by atoms with Crippen LogP contribution in [0.1, 0.15) is 51.4 Å². The molecule has 0 bridgehead atoms. The first-order chi connectivity index (χ1) is 18.6. The van der Waals surface area contributed by atoms with Crippen molar-refractivity contribution in [3.05, 3.63) is 40.7 Å². The van der Waals surface area contributed by atoms with E-state index in [-0.39, 0.29) is 57.3 Å². The second-order valence-electron chi connectivity index (χ2n) is 12.5. The van der Waals surface area contributed by atoms with Gasteiger partial charge in [0.2, 0.25) is 0 Å².